The minimum Gasteiger partial charge on any atom is -0.311 e. The van der Waals surface area contributed by atoms with E-state index in [1.807, 2.05) is 23.9 Å². The Morgan fingerprint density at radius 3 is 2.88 bits per heavy atom. The van der Waals surface area contributed by atoms with Gasteiger partial charge in [-0.25, -0.2) is 4.39 Å². The van der Waals surface area contributed by atoms with Gasteiger partial charge in [-0.3, -0.25) is 0 Å². The second kappa shape index (κ2) is 5.87. The van der Waals surface area contributed by atoms with Crippen LogP contribution in [0.25, 0.3) is 0 Å². The number of rotatable bonds is 5. The van der Waals surface area contributed by atoms with E-state index in [0.29, 0.717) is 18.0 Å². The van der Waals surface area contributed by atoms with Gasteiger partial charge in [0.15, 0.2) is 0 Å². The highest BCUT2D eigenvalue weighted by molar-refractivity contribution is 7.98. The van der Waals surface area contributed by atoms with Crippen molar-refractivity contribution in [2.75, 3.05) is 12.0 Å². The van der Waals surface area contributed by atoms with Gasteiger partial charge in [-0.15, -0.1) is 0 Å². The van der Waals surface area contributed by atoms with Crippen molar-refractivity contribution in [2.24, 2.45) is 0 Å². The van der Waals surface area contributed by atoms with Gasteiger partial charge in [0.2, 0.25) is 0 Å². The average Bonchev–Trinajstić information content (AvgIpc) is 2.23. The molecule has 94 valence electrons. The third-order valence-corrected chi connectivity index (χ3v) is 4.23. The fraction of sp³-hybridized carbons (Fsp3) is 0.571. The second-order valence-corrected chi connectivity index (χ2v) is 5.85. The molecule has 0 spiro atoms. The molecule has 3 heteroatoms. The van der Waals surface area contributed by atoms with Crippen LogP contribution in [0.2, 0.25) is 0 Å². The lowest BCUT2D eigenvalue weighted by Gasteiger charge is -2.38. The molecule has 1 nitrogen and oxygen atoms in total. The summed E-state index contributed by atoms with van der Waals surface area (Å²) in [5, 5.41) is 3.62. The molecular weight excluding hydrogens is 233 g/mol. The van der Waals surface area contributed by atoms with E-state index < -0.39 is 0 Å². The minimum atomic E-state index is -0.116. The van der Waals surface area contributed by atoms with Crippen molar-refractivity contribution in [1.82, 2.24) is 5.32 Å². The Balaban J connectivity index is 1.79. The quantitative estimate of drug-likeness (QED) is 0.863. The summed E-state index contributed by atoms with van der Waals surface area (Å²) in [6.07, 6.45) is 4.42. The first-order chi connectivity index (χ1) is 8.19. The smallest absolute Gasteiger partial charge is 0.123 e. The van der Waals surface area contributed by atoms with Crippen molar-refractivity contribution in [3.8, 4) is 0 Å². The molecule has 1 saturated carbocycles. The highest BCUT2D eigenvalue weighted by Gasteiger charge is 2.30. The van der Waals surface area contributed by atoms with Crippen molar-refractivity contribution < 1.29 is 4.39 Å². The van der Waals surface area contributed by atoms with Crippen molar-refractivity contribution in [1.29, 1.82) is 0 Å². The molecule has 1 aliphatic carbocycles. The Morgan fingerprint density at radius 2 is 2.24 bits per heavy atom. The van der Waals surface area contributed by atoms with Gasteiger partial charge in [-0.05, 0) is 49.6 Å². The van der Waals surface area contributed by atoms with Crippen LogP contribution in [0.5, 0.6) is 0 Å². The number of benzene rings is 1. The summed E-state index contributed by atoms with van der Waals surface area (Å²) in [5.41, 5.74) is 1.15. The summed E-state index contributed by atoms with van der Waals surface area (Å²) in [6, 6.07) is 8.22. The zero-order valence-corrected chi connectivity index (χ0v) is 11.3. The molecule has 0 aliphatic heterocycles. The first kappa shape index (κ1) is 12.9. The van der Waals surface area contributed by atoms with E-state index in [1.165, 1.54) is 6.07 Å². The number of halogens is 1. The summed E-state index contributed by atoms with van der Waals surface area (Å²) in [4.78, 5) is 0. The van der Waals surface area contributed by atoms with E-state index in [1.54, 1.807) is 6.07 Å². The minimum absolute atomic E-state index is 0.116. The molecule has 0 heterocycles. The summed E-state index contributed by atoms with van der Waals surface area (Å²) in [5.74, 6) is 1.58. The van der Waals surface area contributed by atoms with Crippen LogP contribution in [0.3, 0.4) is 0 Å². The van der Waals surface area contributed by atoms with Crippen molar-refractivity contribution in [3.05, 3.63) is 35.6 Å². The zero-order chi connectivity index (χ0) is 12.3. The first-order valence-corrected chi connectivity index (χ1v) is 7.59. The molecule has 1 fully saturated rings. The van der Waals surface area contributed by atoms with Crippen LogP contribution in [0.15, 0.2) is 24.3 Å². The molecule has 1 N–H and O–H groups in total. The average molecular weight is 253 g/mol. The number of hydrogen-bond acceptors (Lipinski definition) is 2. The zero-order valence-electron chi connectivity index (χ0n) is 10.4. The van der Waals surface area contributed by atoms with Crippen LogP contribution >= 0.6 is 11.8 Å². The van der Waals surface area contributed by atoms with Crippen LogP contribution in [-0.4, -0.2) is 24.1 Å². The molecule has 0 aromatic heterocycles. The van der Waals surface area contributed by atoms with Gasteiger partial charge < -0.3 is 5.32 Å². The highest BCUT2D eigenvalue weighted by atomic mass is 32.2. The standard InChI is InChI=1S/C14H20FNS/c1-10(9-17-2)16-14-7-12(8-14)11-4-3-5-13(15)6-11/h3-6,10,12,14,16H,7-9H2,1-2H3. The Bertz CT molecular complexity index is 363. The molecule has 17 heavy (non-hydrogen) atoms. The van der Waals surface area contributed by atoms with E-state index in [9.17, 15) is 4.39 Å². The van der Waals surface area contributed by atoms with Crippen molar-refractivity contribution >= 4 is 11.8 Å². The molecule has 0 bridgehead atoms. The molecule has 0 amide bonds. The lowest BCUT2D eigenvalue weighted by atomic mass is 9.75. The first-order valence-electron chi connectivity index (χ1n) is 6.19. The normalized spacial score (nSPS) is 25.4. The highest BCUT2D eigenvalue weighted by Crippen LogP contribution is 2.37. The number of thioether (sulfide) groups is 1. The fourth-order valence-electron chi connectivity index (χ4n) is 2.49. The Hall–Kier alpha value is -0.540. The van der Waals surface area contributed by atoms with Gasteiger partial charge in [0, 0.05) is 17.8 Å². The monoisotopic (exact) mass is 253 g/mol. The third kappa shape index (κ3) is 3.46. The van der Waals surface area contributed by atoms with Crippen LogP contribution in [-0.2, 0) is 0 Å². The lowest BCUT2D eigenvalue weighted by molar-refractivity contribution is 0.275. The molecule has 0 saturated heterocycles. The van der Waals surface area contributed by atoms with E-state index in [0.717, 1.165) is 24.2 Å². The van der Waals surface area contributed by atoms with Gasteiger partial charge in [0.05, 0.1) is 0 Å². The molecule has 1 atom stereocenters. The van der Waals surface area contributed by atoms with Crippen LogP contribution in [0.4, 0.5) is 4.39 Å². The topological polar surface area (TPSA) is 12.0 Å². The molecule has 0 radical (unpaired) electrons. The number of hydrogen-bond donors (Lipinski definition) is 1. The maximum atomic E-state index is 13.1. The Labute approximate surface area is 107 Å². The van der Waals surface area contributed by atoms with E-state index in [2.05, 4.69) is 18.5 Å². The summed E-state index contributed by atoms with van der Waals surface area (Å²) in [7, 11) is 0. The van der Waals surface area contributed by atoms with Crippen molar-refractivity contribution in [2.45, 2.75) is 37.8 Å². The van der Waals surface area contributed by atoms with Gasteiger partial charge in [0.1, 0.15) is 5.82 Å². The number of nitrogens with one attached hydrogen (secondary N) is 1. The van der Waals surface area contributed by atoms with Crippen LogP contribution in [0.1, 0.15) is 31.2 Å². The Morgan fingerprint density at radius 1 is 1.47 bits per heavy atom. The fourth-order valence-corrected chi connectivity index (χ4v) is 3.08. The van der Waals surface area contributed by atoms with Crippen molar-refractivity contribution in [3.63, 3.8) is 0 Å². The molecule has 1 unspecified atom stereocenters. The van der Waals surface area contributed by atoms with Gasteiger partial charge in [-0.2, -0.15) is 11.8 Å². The third-order valence-electron chi connectivity index (χ3n) is 3.40. The molecule has 1 aromatic rings. The maximum absolute atomic E-state index is 13.1. The SMILES string of the molecule is CSCC(C)NC1CC(c2cccc(F)c2)C1. The maximum Gasteiger partial charge on any atom is 0.123 e. The predicted octanol–water partition coefficient (Wildman–Crippen LogP) is 3.41. The summed E-state index contributed by atoms with van der Waals surface area (Å²) in [6.45, 7) is 2.23. The van der Waals surface area contributed by atoms with Crippen LogP contribution in [0, 0.1) is 5.82 Å². The lowest BCUT2D eigenvalue weighted by Crippen LogP contribution is -2.45. The Kier molecular flexibility index (Phi) is 4.46. The molecular formula is C14H20FNS. The molecule has 1 aliphatic rings. The van der Waals surface area contributed by atoms with Crippen LogP contribution < -0.4 is 5.32 Å². The molecule has 1 aromatic carbocycles. The van der Waals surface area contributed by atoms with Gasteiger partial charge >= 0.3 is 0 Å². The van der Waals surface area contributed by atoms with Gasteiger partial charge in [0.25, 0.3) is 0 Å². The second-order valence-electron chi connectivity index (χ2n) is 4.94. The van der Waals surface area contributed by atoms with E-state index in [4.69, 9.17) is 0 Å². The largest absolute Gasteiger partial charge is 0.311 e. The van der Waals surface area contributed by atoms with E-state index >= 15 is 0 Å². The summed E-state index contributed by atoms with van der Waals surface area (Å²) < 4.78 is 13.1. The summed E-state index contributed by atoms with van der Waals surface area (Å²) >= 11 is 1.87. The predicted molar refractivity (Wildman–Crippen MR) is 73.1 cm³/mol. The van der Waals surface area contributed by atoms with Gasteiger partial charge in [-0.1, -0.05) is 12.1 Å². The molecule has 2 rings (SSSR count). The van der Waals surface area contributed by atoms with E-state index in [-0.39, 0.29) is 5.82 Å².